The Hall–Kier alpha value is -1.26. The van der Waals surface area contributed by atoms with Gasteiger partial charge in [0.1, 0.15) is 0 Å². The highest BCUT2D eigenvalue weighted by Gasteiger charge is 2.24. The Morgan fingerprint density at radius 3 is 2.71 bits per heavy atom. The van der Waals surface area contributed by atoms with Crippen molar-refractivity contribution in [2.24, 2.45) is 0 Å². The number of methoxy groups -OCH3 is 1. The normalized spacial score (nSPS) is 23.6. The van der Waals surface area contributed by atoms with Gasteiger partial charge in [-0.3, -0.25) is 0 Å². The minimum atomic E-state index is -0.231. The predicted molar refractivity (Wildman–Crippen MR) is 84.0 cm³/mol. The van der Waals surface area contributed by atoms with Crippen molar-refractivity contribution in [2.75, 3.05) is 13.7 Å². The van der Waals surface area contributed by atoms with Gasteiger partial charge in [-0.2, -0.15) is 0 Å². The first-order valence-electron chi connectivity index (χ1n) is 7.90. The van der Waals surface area contributed by atoms with Crippen LogP contribution in [0.4, 0.5) is 0 Å². The standard InChI is InChI=1S/C17H27NO3/c1-4-21-16-10-9-13(11-17(16)20-3)12(2)18-14-7-5-6-8-15(14)19/h9-12,14-15,18-19H,4-8H2,1-3H3. The molecule has 1 aliphatic carbocycles. The zero-order valence-corrected chi connectivity index (χ0v) is 13.3. The SMILES string of the molecule is CCOc1ccc(C(C)NC2CCCCC2O)cc1OC. The van der Waals surface area contributed by atoms with Gasteiger partial charge in [-0.25, -0.2) is 0 Å². The van der Waals surface area contributed by atoms with Gasteiger partial charge < -0.3 is 19.9 Å². The minimum Gasteiger partial charge on any atom is -0.493 e. The van der Waals surface area contributed by atoms with E-state index in [1.54, 1.807) is 7.11 Å². The third kappa shape index (κ3) is 4.11. The molecular weight excluding hydrogens is 266 g/mol. The summed E-state index contributed by atoms with van der Waals surface area (Å²) in [5.74, 6) is 1.53. The highest BCUT2D eigenvalue weighted by Crippen LogP contribution is 2.31. The molecule has 1 aromatic rings. The number of aliphatic hydroxyl groups excluding tert-OH is 1. The molecule has 3 unspecified atom stereocenters. The van der Waals surface area contributed by atoms with Crippen LogP contribution in [0.25, 0.3) is 0 Å². The summed E-state index contributed by atoms with van der Waals surface area (Å²) in [6.07, 6.45) is 4.03. The monoisotopic (exact) mass is 293 g/mol. The Kier molecular flexibility index (Phi) is 5.88. The summed E-state index contributed by atoms with van der Waals surface area (Å²) in [6, 6.07) is 6.38. The summed E-state index contributed by atoms with van der Waals surface area (Å²) < 4.78 is 10.9. The number of ether oxygens (including phenoxy) is 2. The molecule has 2 N–H and O–H groups in total. The highest BCUT2D eigenvalue weighted by atomic mass is 16.5. The van der Waals surface area contributed by atoms with Gasteiger partial charge >= 0.3 is 0 Å². The van der Waals surface area contributed by atoms with Crippen molar-refractivity contribution >= 4 is 0 Å². The van der Waals surface area contributed by atoms with Crippen LogP contribution >= 0.6 is 0 Å². The van der Waals surface area contributed by atoms with Crippen molar-refractivity contribution in [3.63, 3.8) is 0 Å². The van der Waals surface area contributed by atoms with Crippen molar-refractivity contribution in [1.29, 1.82) is 0 Å². The van der Waals surface area contributed by atoms with E-state index in [1.807, 2.05) is 19.1 Å². The summed E-state index contributed by atoms with van der Waals surface area (Å²) >= 11 is 0. The van der Waals surface area contributed by atoms with E-state index in [0.717, 1.165) is 36.3 Å². The molecule has 0 aliphatic heterocycles. The first-order valence-corrected chi connectivity index (χ1v) is 7.90. The third-order valence-electron chi connectivity index (χ3n) is 4.18. The average molecular weight is 293 g/mol. The van der Waals surface area contributed by atoms with Crippen LogP contribution in [0, 0.1) is 0 Å². The topological polar surface area (TPSA) is 50.7 Å². The first-order chi connectivity index (χ1) is 10.2. The van der Waals surface area contributed by atoms with Gasteiger partial charge in [0.2, 0.25) is 0 Å². The van der Waals surface area contributed by atoms with Crippen LogP contribution in [-0.2, 0) is 0 Å². The fraction of sp³-hybridized carbons (Fsp3) is 0.647. The van der Waals surface area contributed by atoms with Gasteiger partial charge in [0.05, 0.1) is 19.8 Å². The minimum absolute atomic E-state index is 0.173. The van der Waals surface area contributed by atoms with Gasteiger partial charge in [0, 0.05) is 12.1 Å². The summed E-state index contributed by atoms with van der Waals surface area (Å²) in [7, 11) is 1.66. The Morgan fingerprint density at radius 1 is 1.29 bits per heavy atom. The molecular formula is C17H27NO3. The molecule has 0 aromatic heterocycles. The van der Waals surface area contributed by atoms with Gasteiger partial charge in [0.25, 0.3) is 0 Å². The van der Waals surface area contributed by atoms with Crippen molar-refractivity contribution in [3.8, 4) is 11.5 Å². The van der Waals surface area contributed by atoms with Crippen molar-refractivity contribution in [2.45, 2.75) is 57.7 Å². The summed E-state index contributed by atoms with van der Waals surface area (Å²) in [6.45, 7) is 4.70. The van der Waals surface area contributed by atoms with Crippen molar-refractivity contribution in [1.82, 2.24) is 5.32 Å². The quantitative estimate of drug-likeness (QED) is 0.846. The average Bonchev–Trinajstić information content (AvgIpc) is 2.50. The number of benzene rings is 1. The molecule has 3 atom stereocenters. The van der Waals surface area contributed by atoms with Gasteiger partial charge in [-0.1, -0.05) is 18.9 Å². The lowest BCUT2D eigenvalue weighted by Crippen LogP contribution is -2.43. The maximum absolute atomic E-state index is 10.1. The molecule has 0 saturated heterocycles. The second kappa shape index (κ2) is 7.66. The van der Waals surface area contributed by atoms with Gasteiger partial charge in [0.15, 0.2) is 11.5 Å². The van der Waals surface area contributed by atoms with Crippen molar-refractivity contribution in [3.05, 3.63) is 23.8 Å². The second-order valence-electron chi connectivity index (χ2n) is 5.69. The lowest BCUT2D eigenvalue weighted by Gasteiger charge is -2.31. The largest absolute Gasteiger partial charge is 0.493 e. The van der Waals surface area contributed by atoms with E-state index in [-0.39, 0.29) is 18.2 Å². The van der Waals surface area contributed by atoms with E-state index in [4.69, 9.17) is 9.47 Å². The lowest BCUT2D eigenvalue weighted by atomic mass is 9.91. The van der Waals surface area contributed by atoms with E-state index >= 15 is 0 Å². The maximum Gasteiger partial charge on any atom is 0.161 e. The van der Waals surface area contributed by atoms with Crippen LogP contribution in [0.15, 0.2) is 18.2 Å². The number of rotatable bonds is 6. The molecule has 1 aliphatic rings. The van der Waals surface area contributed by atoms with Crippen LogP contribution in [-0.4, -0.2) is 31.0 Å². The Labute approximate surface area is 127 Å². The number of aliphatic hydroxyl groups is 1. The molecule has 1 saturated carbocycles. The molecule has 0 heterocycles. The molecule has 4 heteroatoms. The maximum atomic E-state index is 10.1. The molecule has 21 heavy (non-hydrogen) atoms. The van der Waals surface area contributed by atoms with Crippen LogP contribution < -0.4 is 14.8 Å². The molecule has 0 spiro atoms. The predicted octanol–water partition coefficient (Wildman–Crippen LogP) is 3.05. The van der Waals surface area contributed by atoms with Crippen LogP contribution in [0.1, 0.15) is 51.1 Å². The smallest absolute Gasteiger partial charge is 0.161 e. The molecule has 1 aromatic carbocycles. The summed E-state index contributed by atoms with van der Waals surface area (Å²) in [4.78, 5) is 0. The summed E-state index contributed by atoms with van der Waals surface area (Å²) in [5, 5.41) is 13.6. The van der Waals surface area contributed by atoms with E-state index in [2.05, 4.69) is 18.3 Å². The second-order valence-corrected chi connectivity index (χ2v) is 5.69. The molecule has 2 rings (SSSR count). The number of nitrogens with one attached hydrogen (secondary N) is 1. The van der Waals surface area contributed by atoms with Gasteiger partial charge in [-0.05, 0) is 44.4 Å². The Morgan fingerprint density at radius 2 is 2.05 bits per heavy atom. The van der Waals surface area contributed by atoms with Crippen LogP contribution in [0.2, 0.25) is 0 Å². The zero-order valence-electron chi connectivity index (χ0n) is 13.3. The van der Waals surface area contributed by atoms with E-state index in [0.29, 0.717) is 6.61 Å². The fourth-order valence-electron chi connectivity index (χ4n) is 2.95. The van der Waals surface area contributed by atoms with Crippen LogP contribution in [0.5, 0.6) is 11.5 Å². The van der Waals surface area contributed by atoms with Crippen LogP contribution in [0.3, 0.4) is 0 Å². The van der Waals surface area contributed by atoms with E-state index in [9.17, 15) is 5.11 Å². The van der Waals surface area contributed by atoms with E-state index < -0.39 is 0 Å². The first kappa shape index (κ1) is 16.1. The molecule has 0 radical (unpaired) electrons. The Bertz CT molecular complexity index is 450. The molecule has 1 fully saturated rings. The molecule has 4 nitrogen and oxygen atoms in total. The highest BCUT2D eigenvalue weighted by molar-refractivity contribution is 5.43. The van der Waals surface area contributed by atoms with Crippen molar-refractivity contribution < 1.29 is 14.6 Å². The molecule has 0 amide bonds. The Balaban J connectivity index is 2.06. The summed E-state index contributed by atoms with van der Waals surface area (Å²) in [5.41, 5.74) is 1.15. The third-order valence-corrected chi connectivity index (χ3v) is 4.18. The number of hydrogen-bond donors (Lipinski definition) is 2. The zero-order chi connectivity index (χ0) is 15.2. The van der Waals surface area contributed by atoms with E-state index in [1.165, 1.54) is 6.42 Å². The molecule has 118 valence electrons. The fourth-order valence-corrected chi connectivity index (χ4v) is 2.95. The molecule has 0 bridgehead atoms. The van der Waals surface area contributed by atoms with Gasteiger partial charge in [-0.15, -0.1) is 0 Å². The lowest BCUT2D eigenvalue weighted by molar-refractivity contribution is 0.0859. The number of hydrogen-bond acceptors (Lipinski definition) is 4.